The number of ether oxygens (including phenoxy) is 2. The molecule has 0 unspecified atom stereocenters. The molecule has 0 radical (unpaired) electrons. The minimum absolute atomic E-state index is 0.0696. The van der Waals surface area contributed by atoms with E-state index in [1.807, 2.05) is 6.92 Å². The molecule has 2 rings (SSSR count). The maximum atomic E-state index is 12.4. The maximum absolute atomic E-state index is 12.4. The third-order valence-corrected chi connectivity index (χ3v) is 4.49. The van der Waals surface area contributed by atoms with Crippen molar-refractivity contribution in [3.05, 3.63) is 29.5 Å². The van der Waals surface area contributed by atoms with E-state index >= 15 is 0 Å². The van der Waals surface area contributed by atoms with Crippen LogP contribution in [0.4, 0.5) is 5.82 Å². The number of H-pyrrole nitrogens is 1. The highest BCUT2D eigenvalue weighted by Gasteiger charge is 2.19. The van der Waals surface area contributed by atoms with Crippen LogP contribution in [0.25, 0.3) is 0 Å². The van der Waals surface area contributed by atoms with Crippen LogP contribution in [0.15, 0.2) is 23.1 Å². The van der Waals surface area contributed by atoms with Gasteiger partial charge >= 0.3 is 0 Å². The normalized spacial score (nSPS) is 11.2. The van der Waals surface area contributed by atoms with Crippen molar-refractivity contribution < 1.29 is 17.9 Å². The fraction of sp³-hybridized carbons (Fsp3) is 0.308. The summed E-state index contributed by atoms with van der Waals surface area (Å²) in [5.41, 5.74) is 1.55. The first-order chi connectivity index (χ1) is 9.89. The Kier molecular flexibility index (Phi) is 4.08. The molecule has 0 fully saturated rings. The average molecular weight is 311 g/mol. The number of methoxy groups -OCH3 is 2. The van der Waals surface area contributed by atoms with Gasteiger partial charge in [-0.05, 0) is 26.0 Å². The predicted molar refractivity (Wildman–Crippen MR) is 78.4 cm³/mol. The zero-order chi connectivity index (χ0) is 15.6. The van der Waals surface area contributed by atoms with Gasteiger partial charge in [-0.2, -0.15) is 5.10 Å². The Balaban J connectivity index is 2.38. The fourth-order valence-corrected chi connectivity index (χ4v) is 2.83. The second-order valence-electron chi connectivity index (χ2n) is 4.44. The zero-order valence-corrected chi connectivity index (χ0v) is 13.0. The van der Waals surface area contributed by atoms with Crippen LogP contribution >= 0.6 is 0 Å². The van der Waals surface area contributed by atoms with Crippen LogP contribution in [-0.2, 0) is 10.0 Å². The predicted octanol–water partition coefficient (Wildman–Crippen LogP) is 1.84. The molecule has 2 N–H and O–H groups in total. The first-order valence-corrected chi connectivity index (χ1v) is 7.63. The molecule has 0 aliphatic heterocycles. The number of aromatic nitrogens is 2. The highest BCUT2D eigenvalue weighted by Crippen LogP contribution is 2.30. The van der Waals surface area contributed by atoms with Gasteiger partial charge in [0, 0.05) is 17.3 Å². The topological polar surface area (TPSA) is 93.3 Å². The van der Waals surface area contributed by atoms with Crippen molar-refractivity contribution in [3.63, 3.8) is 0 Å². The van der Waals surface area contributed by atoms with Crippen LogP contribution in [0.5, 0.6) is 11.5 Å². The molecule has 1 heterocycles. The first-order valence-electron chi connectivity index (χ1n) is 6.15. The molecule has 8 heteroatoms. The Morgan fingerprint density at radius 3 is 2.33 bits per heavy atom. The molecule has 0 saturated heterocycles. The van der Waals surface area contributed by atoms with Crippen molar-refractivity contribution in [3.8, 4) is 11.5 Å². The molecular formula is C13H17N3O4S. The molecule has 0 atom stereocenters. The molecule has 0 aliphatic rings. The third kappa shape index (κ3) is 2.94. The Morgan fingerprint density at radius 2 is 1.81 bits per heavy atom. The van der Waals surface area contributed by atoms with E-state index in [2.05, 4.69) is 14.9 Å². The van der Waals surface area contributed by atoms with Crippen LogP contribution in [-0.4, -0.2) is 32.8 Å². The Hall–Kier alpha value is -2.22. The zero-order valence-electron chi connectivity index (χ0n) is 12.2. The summed E-state index contributed by atoms with van der Waals surface area (Å²) in [4.78, 5) is 0.0696. The number of benzene rings is 1. The third-order valence-electron chi connectivity index (χ3n) is 3.15. The molecule has 0 amide bonds. The SMILES string of the molecule is COc1ccc(S(=O)(=O)Nc2n[nH]c(C)c2C)cc1OC. The van der Waals surface area contributed by atoms with Crippen LogP contribution in [0.3, 0.4) is 0 Å². The molecule has 7 nitrogen and oxygen atoms in total. The molecule has 21 heavy (non-hydrogen) atoms. The van der Waals surface area contributed by atoms with E-state index in [1.54, 1.807) is 6.92 Å². The van der Waals surface area contributed by atoms with Gasteiger partial charge in [-0.15, -0.1) is 0 Å². The maximum Gasteiger partial charge on any atom is 0.263 e. The molecule has 1 aromatic heterocycles. The molecule has 114 valence electrons. The summed E-state index contributed by atoms with van der Waals surface area (Å²) in [6.07, 6.45) is 0. The summed E-state index contributed by atoms with van der Waals surface area (Å²) >= 11 is 0. The minimum Gasteiger partial charge on any atom is -0.493 e. The van der Waals surface area contributed by atoms with Gasteiger partial charge in [-0.3, -0.25) is 9.82 Å². The monoisotopic (exact) mass is 311 g/mol. The molecule has 1 aromatic carbocycles. The van der Waals surface area contributed by atoms with Gasteiger partial charge in [0.2, 0.25) is 0 Å². The molecule has 2 aromatic rings. The van der Waals surface area contributed by atoms with Crippen LogP contribution < -0.4 is 14.2 Å². The second-order valence-corrected chi connectivity index (χ2v) is 6.13. The Labute approximate surface area is 123 Å². The van der Waals surface area contributed by atoms with Gasteiger partial charge < -0.3 is 9.47 Å². The van der Waals surface area contributed by atoms with E-state index in [-0.39, 0.29) is 10.7 Å². The summed E-state index contributed by atoms with van der Waals surface area (Å²) < 4.78 is 37.4. The first kappa shape index (κ1) is 15.2. The number of aryl methyl sites for hydroxylation is 1. The van der Waals surface area contributed by atoms with Gasteiger partial charge in [0.25, 0.3) is 10.0 Å². The van der Waals surface area contributed by atoms with E-state index < -0.39 is 10.0 Å². The number of nitrogens with one attached hydrogen (secondary N) is 2. The largest absolute Gasteiger partial charge is 0.493 e. The van der Waals surface area contributed by atoms with Crippen LogP contribution in [0.1, 0.15) is 11.3 Å². The van der Waals surface area contributed by atoms with Crippen LogP contribution in [0.2, 0.25) is 0 Å². The number of hydrogen-bond donors (Lipinski definition) is 2. The highest BCUT2D eigenvalue weighted by molar-refractivity contribution is 7.92. The van der Waals surface area contributed by atoms with Crippen molar-refractivity contribution in [2.24, 2.45) is 0 Å². The van der Waals surface area contributed by atoms with E-state index in [1.165, 1.54) is 32.4 Å². The summed E-state index contributed by atoms with van der Waals surface area (Å²) in [5, 5.41) is 6.66. The highest BCUT2D eigenvalue weighted by atomic mass is 32.2. The number of rotatable bonds is 5. The van der Waals surface area contributed by atoms with Crippen molar-refractivity contribution >= 4 is 15.8 Å². The quantitative estimate of drug-likeness (QED) is 0.879. The Bertz CT molecular complexity index is 753. The number of nitrogens with zero attached hydrogens (tertiary/aromatic N) is 1. The molecule has 0 saturated carbocycles. The van der Waals surface area contributed by atoms with E-state index in [0.29, 0.717) is 11.5 Å². The second kappa shape index (κ2) is 5.65. The van der Waals surface area contributed by atoms with E-state index in [9.17, 15) is 8.42 Å². The van der Waals surface area contributed by atoms with Gasteiger partial charge in [-0.1, -0.05) is 0 Å². The lowest BCUT2D eigenvalue weighted by Crippen LogP contribution is -2.14. The molecule has 0 aliphatic carbocycles. The molecule has 0 bridgehead atoms. The summed E-state index contributed by atoms with van der Waals surface area (Å²) in [6.45, 7) is 3.60. The minimum atomic E-state index is -3.75. The number of anilines is 1. The van der Waals surface area contributed by atoms with Crippen molar-refractivity contribution in [1.29, 1.82) is 0 Å². The lowest BCUT2D eigenvalue weighted by molar-refractivity contribution is 0.354. The van der Waals surface area contributed by atoms with Gasteiger partial charge in [-0.25, -0.2) is 8.42 Å². The van der Waals surface area contributed by atoms with Crippen LogP contribution in [0, 0.1) is 13.8 Å². The summed E-state index contributed by atoms with van der Waals surface area (Å²) in [5.74, 6) is 1.08. The van der Waals surface area contributed by atoms with Crippen molar-refractivity contribution in [1.82, 2.24) is 10.2 Å². The average Bonchev–Trinajstić information content (AvgIpc) is 2.78. The fourth-order valence-electron chi connectivity index (χ4n) is 1.75. The lowest BCUT2D eigenvalue weighted by Gasteiger charge is -2.11. The number of hydrogen-bond acceptors (Lipinski definition) is 5. The van der Waals surface area contributed by atoms with E-state index in [4.69, 9.17) is 9.47 Å². The standard InChI is InChI=1S/C13H17N3O4S/c1-8-9(2)14-15-13(8)16-21(17,18)10-5-6-11(19-3)12(7-10)20-4/h5-7H,1-4H3,(H2,14,15,16). The lowest BCUT2D eigenvalue weighted by atomic mass is 10.3. The number of aromatic amines is 1. The van der Waals surface area contributed by atoms with Gasteiger partial charge in [0.15, 0.2) is 17.3 Å². The number of sulfonamides is 1. The van der Waals surface area contributed by atoms with E-state index in [0.717, 1.165) is 11.3 Å². The van der Waals surface area contributed by atoms with Gasteiger partial charge in [0.1, 0.15) is 0 Å². The van der Waals surface area contributed by atoms with Crippen molar-refractivity contribution in [2.45, 2.75) is 18.7 Å². The van der Waals surface area contributed by atoms with Crippen molar-refractivity contribution in [2.75, 3.05) is 18.9 Å². The molecule has 0 spiro atoms. The van der Waals surface area contributed by atoms with Gasteiger partial charge in [0.05, 0.1) is 19.1 Å². The molecular weight excluding hydrogens is 294 g/mol. The summed E-state index contributed by atoms with van der Waals surface area (Å²) in [7, 11) is -0.815. The summed E-state index contributed by atoms with van der Waals surface area (Å²) in [6, 6.07) is 4.38. The Morgan fingerprint density at radius 1 is 1.14 bits per heavy atom. The smallest absolute Gasteiger partial charge is 0.263 e.